The summed E-state index contributed by atoms with van der Waals surface area (Å²) in [5.41, 5.74) is 1.68. The van der Waals surface area contributed by atoms with E-state index in [4.69, 9.17) is 9.47 Å². The Morgan fingerprint density at radius 1 is 1.19 bits per heavy atom. The molecule has 2 aliphatic rings. The number of nitrogens with zero attached hydrogens (tertiary/aromatic N) is 2. The topological polar surface area (TPSA) is 117 Å². The third-order valence-corrected chi connectivity index (χ3v) is 5.67. The van der Waals surface area contributed by atoms with Gasteiger partial charge in [0.2, 0.25) is 0 Å². The van der Waals surface area contributed by atoms with E-state index in [9.17, 15) is 19.2 Å². The van der Waals surface area contributed by atoms with Gasteiger partial charge in [0.1, 0.15) is 11.3 Å². The minimum atomic E-state index is -1.30. The van der Waals surface area contributed by atoms with Crippen LogP contribution in [-0.4, -0.2) is 67.1 Å². The van der Waals surface area contributed by atoms with Gasteiger partial charge in [-0.25, -0.2) is 4.79 Å². The van der Waals surface area contributed by atoms with Gasteiger partial charge in [0, 0.05) is 0 Å². The van der Waals surface area contributed by atoms with Crippen LogP contribution in [0.1, 0.15) is 32.3 Å². The molecule has 2 heterocycles. The average molecular weight is 432 g/mol. The van der Waals surface area contributed by atoms with Gasteiger partial charge in [-0.2, -0.15) is 5.01 Å². The van der Waals surface area contributed by atoms with Crippen LogP contribution in [-0.2, 0) is 24.7 Å². The number of piperidine rings is 1. The standard InChI is InChI=1S/C21H28N4O6/c1-4-31-18(27)14-9-11-24(12-10-14)13-17(26)23-25-19(28)21(2,22-20(25)29)15-5-7-16(30-3)8-6-15/h5-8,14H,4,9-13H2,1-3H3,(H,22,29)(H,23,26). The summed E-state index contributed by atoms with van der Waals surface area (Å²) in [5.74, 6) is -0.783. The molecule has 3 rings (SSSR count). The molecule has 1 aromatic rings. The van der Waals surface area contributed by atoms with Crippen LogP contribution in [0.2, 0.25) is 0 Å². The molecule has 2 fully saturated rings. The predicted molar refractivity (Wildman–Crippen MR) is 110 cm³/mol. The smallest absolute Gasteiger partial charge is 0.344 e. The van der Waals surface area contributed by atoms with Crippen molar-refractivity contribution < 1.29 is 28.7 Å². The van der Waals surface area contributed by atoms with Gasteiger partial charge in [-0.05, 0) is 57.5 Å². The Morgan fingerprint density at radius 3 is 2.42 bits per heavy atom. The molecule has 0 bridgehead atoms. The van der Waals surface area contributed by atoms with Crippen molar-refractivity contribution in [1.82, 2.24) is 20.7 Å². The number of hydrazine groups is 1. The van der Waals surface area contributed by atoms with Crippen molar-refractivity contribution >= 4 is 23.8 Å². The second kappa shape index (κ2) is 9.34. The highest BCUT2D eigenvalue weighted by molar-refractivity contribution is 6.08. The highest BCUT2D eigenvalue weighted by Gasteiger charge is 2.50. The number of rotatable bonds is 7. The van der Waals surface area contributed by atoms with Crippen molar-refractivity contribution in [2.45, 2.75) is 32.2 Å². The Kier molecular flexibility index (Phi) is 6.79. The highest BCUT2D eigenvalue weighted by atomic mass is 16.5. The summed E-state index contributed by atoms with van der Waals surface area (Å²) >= 11 is 0. The summed E-state index contributed by atoms with van der Waals surface area (Å²) in [6, 6.07) is 6.08. The summed E-state index contributed by atoms with van der Waals surface area (Å²) in [5, 5.41) is 3.36. The molecular weight excluding hydrogens is 404 g/mol. The van der Waals surface area contributed by atoms with E-state index in [0.717, 1.165) is 5.01 Å². The fraction of sp³-hybridized carbons (Fsp3) is 0.524. The molecule has 0 saturated carbocycles. The first-order valence-electron chi connectivity index (χ1n) is 10.3. The van der Waals surface area contributed by atoms with E-state index >= 15 is 0 Å². The molecule has 0 aliphatic carbocycles. The van der Waals surface area contributed by atoms with E-state index < -0.39 is 23.4 Å². The first kappa shape index (κ1) is 22.5. The zero-order valence-corrected chi connectivity index (χ0v) is 18.0. The number of imide groups is 1. The molecule has 10 heteroatoms. The van der Waals surface area contributed by atoms with E-state index in [0.29, 0.717) is 43.9 Å². The monoisotopic (exact) mass is 432 g/mol. The molecule has 10 nitrogen and oxygen atoms in total. The minimum absolute atomic E-state index is 0.0197. The van der Waals surface area contributed by atoms with Crippen molar-refractivity contribution in [3.63, 3.8) is 0 Å². The molecule has 1 unspecified atom stereocenters. The predicted octanol–water partition coefficient (Wildman–Crippen LogP) is 0.769. The first-order valence-corrected chi connectivity index (χ1v) is 10.3. The number of benzene rings is 1. The zero-order chi connectivity index (χ0) is 22.6. The Balaban J connectivity index is 1.56. The van der Waals surface area contributed by atoms with Crippen LogP contribution in [0.5, 0.6) is 5.75 Å². The van der Waals surface area contributed by atoms with Gasteiger partial charge >= 0.3 is 12.0 Å². The third kappa shape index (κ3) is 4.79. The molecule has 2 aliphatic heterocycles. The second-order valence-corrected chi connectivity index (χ2v) is 7.76. The van der Waals surface area contributed by atoms with Crippen molar-refractivity contribution in [3.05, 3.63) is 29.8 Å². The van der Waals surface area contributed by atoms with Crippen LogP contribution in [0.15, 0.2) is 24.3 Å². The van der Waals surface area contributed by atoms with Crippen molar-refractivity contribution in [2.75, 3.05) is 33.4 Å². The van der Waals surface area contributed by atoms with E-state index in [1.165, 1.54) is 7.11 Å². The summed E-state index contributed by atoms with van der Waals surface area (Å²) in [6.45, 7) is 4.84. The van der Waals surface area contributed by atoms with Gasteiger partial charge in [0.05, 0.1) is 26.2 Å². The number of urea groups is 1. The molecule has 0 radical (unpaired) electrons. The van der Waals surface area contributed by atoms with E-state index in [-0.39, 0.29) is 18.4 Å². The fourth-order valence-corrected chi connectivity index (χ4v) is 3.81. The molecule has 2 N–H and O–H groups in total. The number of nitrogens with one attached hydrogen (secondary N) is 2. The number of amides is 4. The van der Waals surface area contributed by atoms with Gasteiger partial charge in [-0.15, -0.1) is 0 Å². The quantitative estimate of drug-likeness (QED) is 0.483. The maximum absolute atomic E-state index is 12.9. The molecule has 1 aromatic carbocycles. The van der Waals surface area contributed by atoms with E-state index in [2.05, 4.69) is 10.7 Å². The van der Waals surface area contributed by atoms with E-state index in [1.807, 2.05) is 4.90 Å². The number of likely N-dealkylation sites (tertiary alicyclic amines) is 1. The van der Waals surface area contributed by atoms with Gasteiger partial charge in [-0.1, -0.05) is 12.1 Å². The lowest BCUT2D eigenvalue weighted by atomic mass is 9.92. The van der Waals surface area contributed by atoms with Gasteiger partial charge in [0.15, 0.2) is 0 Å². The molecular formula is C21H28N4O6. The van der Waals surface area contributed by atoms with Gasteiger partial charge < -0.3 is 14.8 Å². The molecule has 31 heavy (non-hydrogen) atoms. The minimum Gasteiger partial charge on any atom is -0.497 e. The van der Waals surface area contributed by atoms with Crippen molar-refractivity contribution in [3.8, 4) is 5.75 Å². The number of ether oxygens (including phenoxy) is 2. The summed E-state index contributed by atoms with van der Waals surface area (Å²) in [4.78, 5) is 51.5. The second-order valence-electron chi connectivity index (χ2n) is 7.76. The lowest BCUT2D eigenvalue weighted by molar-refractivity contribution is -0.149. The van der Waals surface area contributed by atoms with Crippen LogP contribution >= 0.6 is 0 Å². The Morgan fingerprint density at radius 2 is 1.84 bits per heavy atom. The number of hydrogen-bond acceptors (Lipinski definition) is 7. The van der Waals surface area contributed by atoms with Crippen LogP contribution in [0.3, 0.4) is 0 Å². The number of hydrogen-bond donors (Lipinski definition) is 2. The van der Waals surface area contributed by atoms with Gasteiger partial charge in [0.25, 0.3) is 11.8 Å². The number of methoxy groups -OCH3 is 1. The van der Waals surface area contributed by atoms with Crippen LogP contribution in [0.25, 0.3) is 0 Å². The Hall–Kier alpha value is -3.14. The van der Waals surface area contributed by atoms with Crippen molar-refractivity contribution in [1.29, 1.82) is 0 Å². The summed E-state index contributed by atoms with van der Waals surface area (Å²) in [7, 11) is 1.54. The van der Waals surface area contributed by atoms with E-state index in [1.54, 1.807) is 38.1 Å². The summed E-state index contributed by atoms with van der Waals surface area (Å²) < 4.78 is 10.2. The normalized spacial score (nSPS) is 22.2. The van der Waals surface area contributed by atoms with Crippen molar-refractivity contribution in [2.24, 2.45) is 5.92 Å². The number of esters is 1. The number of carbonyl (C=O) groups is 4. The lowest BCUT2D eigenvalue weighted by Gasteiger charge is -2.30. The molecule has 168 valence electrons. The highest BCUT2D eigenvalue weighted by Crippen LogP contribution is 2.29. The van der Waals surface area contributed by atoms with Gasteiger partial charge in [-0.3, -0.25) is 24.7 Å². The largest absolute Gasteiger partial charge is 0.497 e. The molecule has 1 atom stereocenters. The third-order valence-electron chi connectivity index (χ3n) is 5.67. The average Bonchev–Trinajstić information content (AvgIpc) is 2.98. The molecule has 0 spiro atoms. The lowest BCUT2D eigenvalue weighted by Crippen LogP contribution is -2.51. The molecule has 4 amide bonds. The zero-order valence-electron chi connectivity index (χ0n) is 18.0. The van der Waals surface area contributed by atoms with Crippen LogP contribution in [0.4, 0.5) is 4.79 Å². The van der Waals surface area contributed by atoms with Crippen LogP contribution in [0, 0.1) is 5.92 Å². The molecule has 2 saturated heterocycles. The van der Waals surface area contributed by atoms with Crippen LogP contribution < -0.4 is 15.5 Å². The first-order chi connectivity index (χ1) is 14.8. The Bertz CT molecular complexity index is 850. The summed E-state index contributed by atoms with van der Waals surface area (Å²) in [6.07, 6.45) is 1.20. The molecule has 0 aromatic heterocycles. The SMILES string of the molecule is CCOC(=O)C1CCN(CC(=O)NN2C(=O)NC(C)(c3ccc(OC)cc3)C2=O)CC1. The maximum Gasteiger partial charge on any atom is 0.344 e. The maximum atomic E-state index is 12.9. The fourth-order valence-electron chi connectivity index (χ4n) is 3.81. The number of carbonyl (C=O) groups excluding carboxylic acids is 4. The Labute approximate surface area is 180 Å².